The second-order valence-corrected chi connectivity index (χ2v) is 12.0. The molecule has 0 atom stereocenters. The van der Waals surface area contributed by atoms with Crippen LogP contribution in [0.4, 0.5) is 0 Å². The number of rotatable bonds is 4. The van der Waals surface area contributed by atoms with Gasteiger partial charge in [0, 0.05) is 22.1 Å². The lowest BCUT2D eigenvalue weighted by molar-refractivity contribution is 0.353. The van der Waals surface area contributed by atoms with Crippen molar-refractivity contribution in [2.24, 2.45) is 0 Å². The predicted molar refractivity (Wildman–Crippen MR) is 178 cm³/mol. The third kappa shape index (κ3) is 4.34. The molecule has 0 aliphatic heterocycles. The quantitative estimate of drug-likeness (QED) is 0.214. The average molecular weight is 566 g/mol. The van der Waals surface area contributed by atoms with Crippen molar-refractivity contribution in [2.45, 2.75) is 37.5 Å². The molecule has 1 heterocycles. The zero-order valence-corrected chi connectivity index (χ0v) is 24.5. The SMILES string of the molecule is N#Cc1ccc2c(c1)C1(CCCCC1)c1cccc(-c3cccc(-c4cc(-c5ccccc5)nc(-c5ccccc5)n4)c3)c1-2. The number of benzene rings is 5. The number of hydrogen-bond donors (Lipinski definition) is 0. The Morgan fingerprint density at radius 3 is 1.93 bits per heavy atom. The number of hydrogen-bond acceptors (Lipinski definition) is 3. The molecular weight excluding hydrogens is 534 g/mol. The van der Waals surface area contributed by atoms with Gasteiger partial charge in [-0.2, -0.15) is 5.26 Å². The molecule has 0 saturated heterocycles. The molecule has 2 aliphatic rings. The van der Waals surface area contributed by atoms with Gasteiger partial charge in [-0.3, -0.25) is 0 Å². The lowest BCUT2D eigenvalue weighted by Crippen LogP contribution is -2.28. The Hall–Kier alpha value is -5.33. The Morgan fingerprint density at radius 1 is 0.523 bits per heavy atom. The van der Waals surface area contributed by atoms with Gasteiger partial charge in [-0.25, -0.2) is 9.97 Å². The first-order valence-electron chi connectivity index (χ1n) is 15.5. The van der Waals surface area contributed by atoms with Crippen molar-refractivity contribution in [1.82, 2.24) is 9.97 Å². The summed E-state index contributed by atoms with van der Waals surface area (Å²) in [5.41, 5.74) is 13.4. The van der Waals surface area contributed by atoms with Gasteiger partial charge in [0.2, 0.25) is 0 Å². The van der Waals surface area contributed by atoms with Crippen molar-refractivity contribution in [3.63, 3.8) is 0 Å². The molecule has 3 nitrogen and oxygen atoms in total. The fraction of sp³-hybridized carbons (Fsp3) is 0.146. The lowest BCUT2D eigenvalue weighted by Gasteiger charge is -2.36. The summed E-state index contributed by atoms with van der Waals surface area (Å²) in [6.07, 6.45) is 5.99. The van der Waals surface area contributed by atoms with Crippen LogP contribution in [0.2, 0.25) is 0 Å². The van der Waals surface area contributed by atoms with Crippen molar-refractivity contribution in [3.8, 4) is 62.2 Å². The maximum atomic E-state index is 9.77. The van der Waals surface area contributed by atoms with Crippen LogP contribution in [-0.2, 0) is 5.41 Å². The van der Waals surface area contributed by atoms with E-state index in [2.05, 4.69) is 91.0 Å². The van der Waals surface area contributed by atoms with Crippen molar-refractivity contribution < 1.29 is 0 Å². The molecule has 0 unspecified atom stereocenters. The van der Waals surface area contributed by atoms with E-state index in [9.17, 15) is 5.26 Å². The Kier molecular flexibility index (Phi) is 6.42. The van der Waals surface area contributed by atoms with Crippen molar-refractivity contribution >= 4 is 0 Å². The molecular formula is C41H31N3. The molecule has 1 spiro atoms. The van der Waals surface area contributed by atoms with E-state index in [4.69, 9.17) is 9.97 Å². The van der Waals surface area contributed by atoms with E-state index in [0.29, 0.717) is 0 Å². The standard InChI is InChI=1S/C41H31N3/c42-27-28-20-21-34-36(24-28)41(22-8-3-9-23-41)35-19-11-18-33(39(34)35)31-16-10-17-32(25-31)38-26-37(29-12-4-1-5-13-29)43-40(44-38)30-14-6-2-7-15-30/h1-2,4-7,10-21,24-26H,3,8-9,22-23H2. The molecule has 1 fully saturated rings. The van der Waals surface area contributed by atoms with E-state index < -0.39 is 0 Å². The lowest BCUT2D eigenvalue weighted by atomic mass is 9.67. The van der Waals surface area contributed by atoms with Gasteiger partial charge in [-0.15, -0.1) is 0 Å². The summed E-state index contributed by atoms with van der Waals surface area (Å²) in [7, 11) is 0. The highest BCUT2D eigenvalue weighted by Gasteiger charge is 2.44. The van der Waals surface area contributed by atoms with Gasteiger partial charge >= 0.3 is 0 Å². The highest BCUT2D eigenvalue weighted by Crippen LogP contribution is 2.58. The van der Waals surface area contributed by atoms with Crippen LogP contribution in [-0.4, -0.2) is 9.97 Å². The molecule has 0 amide bonds. The normalized spacial score (nSPS) is 14.5. The number of aromatic nitrogens is 2. The third-order valence-corrected chi connectivity index (χ3v) is 9.52. The molecule has 44 heavy (non-hydrogen) atoms. The van der Waals surface area contributed by atoms with Crippen LogP contribution >= 0.6 is 0 Å². The van der Waals surface area contributed by atoms with Gasteiger partial charge in [0.15, 0.2) is 5.82 Å². The first kappa shape index (κ1) is 26.3. The molecule has 6 aromatic rings. The molecule has 0 radical (unpaired) electrons. The van der Waals surface area contributed by atoms with Crippen molar-refractivity contribution in [2.75, 3.05) is 0 Å². The summed E-state index contributed by atoms with van der Waals surface area (Å²) >= 11 is 0. The number of nitrogens with zero attached hydrogens (tertiary/aromatic N) is 3. The van der Waals surface area contributed by atoms with Gasteiger partial charge in [0.1, 0.15) is 0 Å². The maximum absolute atomic E-state index is 9.77. The molecule has 1 saturated carbocycles. The van der Waals surface area contributed by atoms with E-state index in [1.54, 1.807) is 0 Å². The van der Waals surface area contributed by atoms with Crippen LogP contribution in [0.15, 0.2) is 127 Å². The molecule has 2 aliphatic carbocycles. The highest BCUT2D eigenvalue weighted by atomic mass is 14.9. The fourth-order valence-corrected chi connectivity index (χ4v) is 7.46. The molecule has 8 rings (SSSR count). The minimum Gasteiger partial charge on any atom is -0.228 e. The van der Waals surface area contributed by atoms with E-state index in [1.807, 2.05) is 42.5 Å². The molecule has 1 aromatic heterocycles. The highest BCUT2D eigenvalue weighted by molar-refractivity contribution is 5.93. The molecule has 0 N–H and O–H groups in total. The molecule has 5 aromatic carbocycles. The number of fused-ring (bicyclic) bond motifs is 5. The minimum absolute atomic E-state index is 0.00871. The average Bonchev–Trinajstić information content (AvgIpc) is 3.37. The van der Waals surface area contributed by atoms with Crippen LogP contribution in [0.1, 0.15) is 48.8 Å². The third-order valence-electron chi connectivity index (χ3n) is 9.52. The van der Waals surface area contributed by atoms with Crippen molar-refractivity contribution in [3.05, 3.63) is 144 Å². The summed E-state index contributed by atoms with van der Waals surface area (Å²) in [5.74, 6) is 0.717. The molecule has 0 bridgehead atoms. The van der Waals surface area contributed by atoms with Crippen LogP contribution < -0.4 is 0 Å². The van der Waals surface area contributed by atoms with Crippen molar-refractivity contribution in [1.29, 1.82) is 5.26 Å². The van der Waals surface area contributed by atoms with Crippen LogP contribution in [0.3, 0.4) is 0 Å². The second-order valence-electron chi connectivity index (χ2n) is 12.0. The van der Waals surface area contributed by atoms with Crippen LogP contribution in [0.25, 0.3) is 56.2 Å². The minimum atomic E-state index is -0.00871. The first-order chi connectivity index (χ1) is 21.7. The largest absolute Gasteiger partial charge is 0.228 e. The summed E-state index contributed by atoms with van der Waals surface area (Å²) in [6, 6.07) is 46.9. The smallest absolute Gasteiger partial charge is 0.160 e. The van der Waals surface area contributed by atoms with E-state index in [1.165, 1.54) is 52.6 Å². The van der Waals surface area contributed by atoms with Gasteiger partial charge in [-0.1, -0.05) is 122 Å². The molecule has 210 valence electrons. The van der Waals surface area contributed by atoms with E-state index >= 15 is 0 Å². The Labute approximate surface area is 258 Å². The first-order valence-corrected chi connectivity index (χ1v) is 15.5. The van der Waals surface area contributed by atoms with Gasteiger partial charge in [0.05, 0.1) is 23.0 Å². The van der Waals surface area contributed by atoms with E-state index in [-0.39, 0.29) is 5.41 Å². The topological polar surface area (TPSA) is 49.6 Å². The number of nitriles is 1. The summed E-state index contributed by atoms with van der Waals surface area (Å²) in [6.45, 7) is 0. The van der Waals surface area contributed by atoms with E-state index in [0.717, 1.165) is 52.3 Å². The van der Waals surface area contributed by atoms with Gasteiger partial charge < -0.3 is 0 Å². The zero-order chi connectivity index (χ0) is 29.5. The van der Waals surface area contributed by atoms with Gasteiger partial charge in [-0.05, 0) is 70.5 Å². The summed E-state index contributed by atoms with van der Waals surface area (Å²) < 4.78 is 0. The predicted octanol–water partition coefficient (Wildman–Crippen LogP) is 10.2. The van der Waals surface area contributed by atoms with Crippen LogP contribution in [0.5, 0.6) is 0 Å². The Morgan fingerprint density at radius 2 is 1.18 bits per heavy atom. The zero-order valence-electron chi connectivity index (χ0n) is 24.5. The maximum Gasteiger partial charge on any atom is 0.160 e. The second kappa shape index (κ2) is 10.7. The van der Waals surface area contributed by atoms with Crippen LogP contribution in [0, 0.1) is 11.3 Å². The summed E-state index contributed by atoms with van der Waals surface area (Å²) in [5, 5.41) is 9.77. The van der Waals surface area contributed by atoms with Gasteiger partial charge in [0.25, 0.3) is 0 Å². The monoisotopic (exact) mass is 565 g/mol. The fourth-order valence-electron chi connectivity index (χ4n) is 7.46. The Balaban J connectivity index is 1.29. The molecule has 3 heteroatoms. The summed E-state index contributed by atoms with van der Waals surface area (Å²) in [4.78, 5) is 10.1. The Bertz CT molecular complexity index is 1990.